The summed E-state index contributed by atoms with van der Waals surface area (Å²) in [5.74, 6) is 3.59. The van der Waals surface area contributed by atoms with E-state index >= 15 is 0 Å². The normalized spacial score (nSPS) is 10.8. The van der Waals surface area contributed by atoms with E-state index in [0.717, 1.165) is 22.9 Å². The molecule has 200 valence electrons. The van der Waals surface area contributed by atoms with Crippen molar-refractivity contribution in [3.05, 3.63) is 105 Å². The summed E-state index contributed by atoms with van der Waals surface area (Å²) in [4.78, 5) is 30.0. The lowest BCUT2D eigenvalue weighted by molar-refractivity contribution is 0.580. The standard InChI is InChI=1S/C27H18ClF3N8O/c28-20-2-1-3-21-23(20)26(40)39(18-11-15(30)10-16(31)12-18)22(36-21)8-9-34-25-19(24(32)37-27(33)38-25)7-6-17-5-4-14(29)13-35-17/h1-5,10-13H,8-9H2,(H5,32,33,34,37,38). The Labute approximate surface area is 229 Å². The minimum Gasteiger partial charge on any atom is -0.382 e. The first-order valence-electron chi connectivity index (χ1n) is 11.7. The molecule has 0 atom stereocenters. The molecule has 5 N–H and O–H groups in total. The Hall–Kier alpha value is -5.15. The minimum atomic E-state index is -0.865. The summed E-state index contributed by atoms with van der Waals surface area (Å²) >= 11 is 6.26. The second-order valence-corrected chi connectivity index (χ2v) is 8.82. The number of benzene rings is 2. The van der Waals surface area contributed by atoms with Crippen molar-refractivity contribution in [3.8, 4) is 17.5 Å². The van der Waals surface area contributed by atoms with E-state index < -0.39 is 23.0 Å². The zero-order chi connectivity index (χ0) is 28.4. The van der Waals surface area contributed by atoms with Crippen LogP contribution in [0.25, 0.3) is 16.6 Å². The summed E-state index contributed by atoms with van der Waals surface area (Å²) in [5.41, 5.74) is 12.0. The summed E-state index contributed by atoms with van der Waals surface area (Å²) in [6.45, 7) is 0.121. The van der Waals surface area contributed by atoms with Crippen molar-refractivity contribution in [1.29, 1.82) is 0 Å². The molecule has 0 aliphatic carbocycles. The van der Waals surface area contributed by atoms with Crippen LogP contribution < -0.4 is 22.3 Å². The van der Waals surface area contributed by atoms with Gasteiger partial charge >= 0.3 is 0 Å². The lowest BCUT2D eigenvalue weighted by atomic mass is 10.2. The van der Waals surface area contributed by atoms with Gasteiger partial charge in [-0.05, 0) is 42.3 Å². The molecular weight excluding hydrogens is 545 g/mol. The number of hydrogen-bond donors (Lipinski definition) is 3. The molecule has 40 heavy (non-hydrogen) atoms. The summed E-state index contributed by atoms with van der Waals surface area (Å²) in [7, 11) is 0. The predicted octanol–water partition coefficient (Wildman–Crippen LogP) is 3.86. The van der Waals surface area contributed by atoms with E-state index in [1.165, 1.54) is 18.2 Å². The number of pyridine rings is 1. The molecule has 5 aromatic rings. The maximum absolute atomic E-state index is 14.1. The Morgan fingerprint density at radius 3 is 2.45 bits per heavy atom. The van der Waals surface area contributed by atoms with Gasteiger partial charge in [0.15, 0.2) is 0 Å². The number of fused-ring (bicyclic) bond motifs is 1. The molecule has 5 rings (SSSR count). The molecule has 9 nitrogen and oxygen atoms in total. The highest BCUT2D eigenvalue weighted by Gasteiger charge is 2.17. The van der Waals surface area contributed by atoms with E-state index in [9.17, 15) is 18.0 Å². The van der Waals surface area contributed by atoms with Crippen molar-refractivity contribution in [2.75, 3.05) is 23.3 Å². The Kier molecular flexibility index (Phi) is 7.22. The number of nitrogens with two attached hydrogens (primary N) is 2. The van der Waals surface area contributed by atoms with Gasteiger partial charge in [0, 0.05) is 19.0 Å². The molecule has 13 heteroatoms. The molecule has 0 saturated carbocycles. The van der Waals surface area contributed by atoms with Gasteiger partial charge in [-0.3, -0.25) is 9.36 Å². The number of hydrogen-bond acceptors (Lipinski definition) is 8. The quantitative estimate of drug-likeness (QED) is 0.275. The lowest BCUT2D eigenvalue weighted by Gasteiger charge is -2.15. The molecule has 0 fully saturated rings. The molecule has 0 spiro atoms. The minimum absolute atomic E-state index is 0.00442. The first kappa shape index (κ1) is 26.5. The SMILES string of the molecule is Nc1nc(N)c(C#Cc2ccc(F)cn2)c(NCCc2nc3cccc(Cl)c3c(=O)n2-c2cc(F)cc(F)c2)n1. The third kappa shape index (κ3) is 5.50. The van der Waals surface area contributed by atoms with Crippen LogP contribution in [0.1, 0.15) is 17.1 Å². The fourth-order valence-electron chi connectivity index (χ4n) is 3.95. The van der Waals surface area contributed by atoms with Crippen molar-refractivity contribution in [3.63, 3.8) is 0 Å². The lowest BCUT2D eigenvalue weighted by Crippen LogP contribution is -2.26. The topological polar surface area (TPSA) is 138 Å². The zero-order valence-corrected chi connectivity index (χ0v) is 21.2. The molecule has 0 unspecified atom stereocenters. The molecule has 3 heterocycles. The molecule has 3 aromatic heterocycles. The molecule has 0 aliphatic heterocycles. The highest BCUT2D eigenvalue weighted by molar-refractivity contribution is 6.35. The third-order valence-corrected chi connectivity index (χ3v) is 5.97. The summed E-state index contributed by atoms with van der Waals surface area (Å²) in [6, 6.07) is 10.1. The van der Waals surface area contributed by atoms with Crippen LogP contribution in [0.4, 0.5) is 30.8 Å². The average Bonchev–Trinajstić information content (AvgIpc) is 2.88. The van der Waals surface area contributed by atoms with Gasteiger partial charge in [-0.25, -0.2) is 23.1 Å². The molecule has 0 aliphatic rings. The largest absolute Gasteiger partial charge is 0.382 e. The Bertz CT molecular complexity index is 1860. The van der Waals surface area contributed by atoms with Gasteiger partial charge in [0.05, 0.1) is 27.8 Å². The van der Waals surface area contributed by atoms with Crippen LogP contribution in [0.3, 0.4) is 0 Å². The van der Waals surface area contributed by atoms with Gasteiger partial charge in [-0.15, -0.1) is 0 Å². The highest BCUT2D eigenvalue weighted by atomic mass is 35.5. The van der Waals surface area contributed by atoms with Crippen molar-refractivity contribution >= 4 is 40.1 Å². The van der Waals surface area contributed by atoms with E-state index in [1.807, 2.05) is 0 Å². The zero-order valence-electron chi connectivity index (χ0n) is 20.4. The van der Waals surface area contributed by atoms with Crippen LogP contribution in [0.2, 0.25) is 5.02 Å². The van der Waals surface area contributed by atoms with Crippen molar-refractivity contribution in [2.24, 2.45) is 0 Å². The molecule has 0 amide bonds. The first-order valence-corrected chi connectivity index (χ1v) is 12.0. The first-order chi connectivity index (χ1) is 19.2. The summed E-state index contributed by atoms with van der Waals surface area (Å²) in [5, 5.41) is 3.30. The van der Waals surface area contributed by atoms with Gasteiger partial charge in [-0.1, -0.05) is 23.6 Å². The molecular formula is C27H18ClF3N8O. The van der Waals surface area contributed by atoms with E-state index in [1.54, 1.807) is 12.1 Å². The Morgan fingerprint density at radius 1 is 0.950 bits per heavy atom. The van der Waals surface area contributed by atoms with Crippen molar-refractivity contribution in [1.82, 2.24) is 24.5 Å². The van der Waals surface area contributed by atoms with Crippen LogP contribution in [-0.2, 0) is 6.42 Å². The fraction of sp³-hybridized carbons (Fsp3) is 0.0741. The second kappa shape index (κ2) is 10.9. The summed E-state index contributed by atoms with van der Waals surface area (Å²) in [6.07, 6.45) is 1.12. The fourth-order valence-corrected chi connectivity index (χ4v) is 4.20. The number of nitrogen functional groups attached to an aromatic ring is 2. The number of rotatable bonds is 5. The van der Waals surface area contributed by atoms with Gasteiger partial charge in [0.25, 0.3) is 5.56 Å². The van der Waals surface area contributed by atoms with E-state index in [4.69, 9.17) is 23.1 Å². The van der Waals surface area contributed by atoms with Crippen LogP contribution in [0.5, 0.6) is 0 Å². The third-order valence-electron chi connectivity index (χ3n) is 5.66. The van der Waals surface area contributed by atoms with Gasteiger partial charge in [0.2, 0.25) is 5.95 Å². The molecule has 2 aromatic carbocycles. The van der Waals surface area contributed by atoms with E-state index in [2.05, 4.69) is 37.1 Å². The maximum Gasteiger partial charge on any atom is 0.267 e. The van der Waals surface area contributed by atoms with Crippen LogP contribution in [-0.4, -0.2) is 31.0 Å². The predicted molar refractivity (Wildman–Crippen MR) is 145 cm³/mol. The number of nitrogens with one attached hydrogen (secondary N) is 1. The van der Waals surface area contributed by atoms with Gasteiger partial charge in [-0.2, -0.15) is 9.97 Å². The highest BCUT2D eigenvalue weighted by Crippen LogP contribution is 2.22. The van der Waals surface area contributed by atoms with Crippen LogP contribution in [0, 0.1) is 29.3 Å². The Morgan fingerprint density at radius 2 is 1.73 bits per heavy atom. The van der Waals surface area contributed by atoms with E-state index in [0.29, 0.717) is 11.6 Å². The van der Waals surface area contributed by atoms with Crippen LogP contribution in [0.15, 0.2) is 59.5 Å². The smallest absolute Gasteiger partial charge is 0.267 e. The van der Waals surface area contributed by atoms with Gasteiger partial charge < -0.3 is 16.8 Å². The summed E-state index contributed by atoms with van der Waals surface area (Å²) < 4.78 is 42.4. The molecule has 0 radical (unpaired) electrons. The molecule has 0 bridgehead atoms. The number of anilines is 3. The van der Waals surface area contributed by atoms with Crippen LogP contribution >= 0.6 is 11.6 Å². The van der Waals surface area contributed by atoms with Gasteiger partial charge in [0.1, 0.15) is 46.2 Å². The van der Waals surface area contributed by atoms with E-state index in [-0.39, 0.29) is 63.7 Å². The number of halogens is 4. The maximum atomic E-state index is 14.1. The monoisotopic (exact) mass is 562 g/mol. The Balaban J connectivity index is 1.51. The number of nitrogens with zero attached hydrogens (tertiary/aromatic N) is 5. The van der Waals surface area contributed by atoms with Crippen molar-refractivity contribution < 1.29 is 13.2 Å². The number of aromatic nitrogens is 5. The second-order valence-electron chi connectivity index (χ2n) is 8.41. The van der Waals surface area contributed by atoms with Crippen molar-refractivity contribution in [2.45, 2.75) is 6.42 Å². The molecule has 0 saturated heterocycles. The average molecular weight is 563 g/mol.